The lowest BCUT2D eigenvalue weighted by molar-refractivity contribution is 0.0958. The number of nitrogens with zero attached hydrogens (tertiary/aromatic N) is 1. The number of ether oxygens (including phenoxy) is 2. The van der Waals surface area contributed by atoms with Crippen LogP contribution in [0, 0.1) is 6.92 Å². The molecule has 166 valence electrons. The molecule has 0 aliphatic heterocycles. The Kier molecular flexibility index (Phi) is 6.78. The monoisotopic (exact) mass is 435 g/mol. The molecule has 6 nitrogen and oxygen atoms in total. The molecule has 1 heterocycles. The van der Waals surface area contributed by atoms with Crippen molar-refractivity contribution in [2.24, 2.45) is 0 Å². The second kappa shape index (κ2) is 9.51. The molecule has 1 aromatic heterocycles. The highest BCUT2D eigenvalue weighted by Gasteiger charge is 2.18. The van der Waals surface area contributed by atoms with Crippen molar-refractivity contribution < 1.29 is 18.7 Å². The predicted molar refractivity (Wildman–Crippen MR) is 123 cm³/mol. The van der Waals surface area contributed by atoms with E-state index in [2.05, 4.69) is 22.2 Å². The molecule has 0 atom stereocenters. The number of hydrogen-bond donors (Lipinski definition) is 2. The summed E-state index contributed by atoms with van der Waals surface area (Å²) in [5.74, 6) is 1.69. The molecule has 2 aromatic carbocycles. The van der Waals surface area contributed by atoms with E-state index in [1.165, 1.54) is 20.0 Å². The number of rotatable bonds is 8. The van der Waals surface area contributed by atoms with Gasteiger partial charge in [0.05, 0.1) is 0 Å². The van der Waals surface area contributed by atoms with Crippen LogP contribution >= 0.6 is 0 Å². The normalized spacial score (nSPS) is 10.9. The van der Waals surface area contributed by atoms with Crippen LogP contribution < -0.4 is 20.1 Å². The molecule has 2 N–H and O–H groups in total. The van der Waals surface area contributed by atoms with Crippen molar-refractivity contribution in [3.8, 4) is 17.2 Å². The topological polar surface area (TPSA) is 72.5 Å². The highest BCUT2D eigenvalue weighted by Crippen LogP contribution is 2.30. The molecule has 0 aliphatic rings. The Balaban J connectivity index is 1.67. The fourth-order valence-electron chi connectivity index (χ4n) is 2.95. The van der Waals surface area contributed by atoms with Gasteiger partial charge in [0, 0.05) is 25.0 Å². The fraction of sp³-hybridized carbons (Fsp3) is 0.200. The van der Waals surface area contributed by atoms with Gasteiger partial charge in [-0.15, -0.1) is 0 Å². The average molecular weight is 435 g/mol. The van der Waals surface area contributed by atoms with Crippen LogP contribution in [0.5, 0.6) is 17.2 Å². The maximum atomic E-state index is 14.2. The zero-order valence-corrected chi connectivity index (χ0v) is 18.5. The summed E-state index contributed by atoms with van der Waals surface area (Å²) in [6.45, 7) is 8.80. The maximum absolute atomic E-state index is 14.2. The molecule has 1 amide bonds. The average Bonchev–Trinajstić information content (AvgIpc) is 2.75. The van der Waals surface area contributed by atoms with E-state index in [9.17, 15) is 9.18 Å². The van der Waals surface area contributed by atoms with E-state index in [0.717, 1.165) is 5.56 Å². The number of carbonyl (C=O) groups excluding carboxylic acids is 1. The zero-order chi connectivity index (χ0) is 23.3. The largest absolute Gasteiger partial charge is 0.457 e. The summed E-state index contributed by atoms with van der Waals surface area (Å²) in [6, 6.07) is 15.6. The van der Waals surface area contributed by atoms with Crippen LogP contribution in [0.3, 0.4) is 0 Å². The highest BCUT2D eigenvalue weighted by molar-refractivity contribution is 5.92. The number of aryl methyl sites for hydroxylation is 1. The summed E-state index contributed by atoms with van der Waals surface area (Å²) in [4.78, 5) is 15.8. The molecule has 0 fully saturated rings. The summed E-state index contributed by atoms with van der Waals surface area (Å²) >= 11 is 0. The van der Waals surface area contributed by atoms with Crippen molar-refractivity contribution in [2.45, 2.75) is 26.4 Å². The molecule has 3 aromatic rings. The first-order valence-electron chi connectivity index (χ1n) is 10.1. The Labute approximate surface area is 187 Å². The number of aromatic nitrogens is 1. The molecular formula is C25H26FN3O3. The van der Waals surface area contributed by atoms with Gasteiger partial charge in [0.15, 0.2) is 5.88 Å². The van der Waals surface area contributed by atoms with Gasteiger partial charge in [-0.25, -0.2) is 4.39 Å². The van der Waals surface area contributed by atoms with Crippen molar-refractivity contribution in [3.63, 3.8) is 0 Å². The van der Waals surface area contributed by atoms with E-state index >= 15 is 0 Å². The van der Waals surface area contributed by atoms with E-state index in [1.54, 1.807) is 49.5 Å². The van der Waals surface area contributed by atoms with Gasteiger partial charge in [0.1, 0.15) is 28.6 Å². The lowest BCUT2D eigenvalue weighted by Gasteiger charge is -2.17. The third kappa shape index (κ3) is 5.85. The first-order chi connectivity index (χ1) is 15.2. The fourth-order valence-corrected chi connectivity index (χ4v) is 2.95. The Morgan fingerprint density at radius 3 is 2.53 bits per heavy atom. The van der Waals surface area contributed by atoms with E-state index in [-0.39, 0.29) is 11.6 Å². The van der Waals surface area contributed by atoms with Crippen LogP contribution in [0.2, 0.25) is 0 Å². The van der Waals surface area contributed by atoms with Gasteiger partial charge in [0.25, 0.3) is 5.91 Å². The number of hydrogen-bond acceptors (Lipinski definition) is 5. The number of nitrogens with one attached hydrogen (secondary N) is 2. The van der Waals surface area contributed by atoms with E-state index in [4.69, 9.17) is 9.47 Å². The second-order valence-corrected chi connectivity index (χ2v) is 7.69. The number of benzene rings is 2. The second-order valence-electron chi connectivity index (χ2n) is 7.69. The van der Waals surface area contributed by atoms with Crippen LogP contribution in [0.4, 0.5) is 10.1 Å². The van der Waals surface area contributed by atoms with Gasteiger partial charge in [-0.3, -0.25) is 9.78 Å². The number of amides is 1. The predicted octanol–water partition coefficient (Wildman–Crippen LogP) is 5.71. The highest BCUT2D eigenvalue weighted by atomic mass is 19.1. The van der Waals surface area contributed by atoms with Crippen molar-refractivity contribution in [2.75, 3.05) is 12.4 Å². The van der Waals surface area contributed by atoms with Gasteiger partial charge >= 0.3 is 0 Å². The number of anilines is 1. The maximum Gasteiger partial charge on any atom is 0.269 e. The third-order valence-corrected chi connectivity index (χ3v) is 4.64. The standard InChI is InChI=1S/C25H26FN3O3/c1-16-13-20(32-21-11-12-28-22(15-21)24(30)27-5)9-10-23(16)31-17(2)29-19-8-6-7-18(14-19)25(3,4)26/h6-15,29H,2H2,1,3-5H3,(H,27,30). The SMILES string of the molecule is C=C(Nc1cccc(C(C)(C)F)c1)Oc1ccc(Oc2ccnc(C(=O)NC)c2)cc1C. The van der Waals surface area contributed by atoms with Crippen LogP contribution in [-0.4, -0.2) is 17.9 Å². The van der Waals surface area contributed by atoms with E-state index in [0.29, 0.717) is 34.4 Å². The molecule has 0 unspecified atom stereocenters. The molecule has 3 rings (SSSR count). The van der Waals surface area contributed by atoms with Crippen molar-refractivity contribution in [1.29, 1.82) is 0 Å². The smallest absolute Gasteiger partial charge is 0.269 e. The van der Waals surface area contributed by atoms with E-state index < -0.39 is 5.67 Å². The molecule has 0 saturated carbocycles. The Morgan fingerprint density at radius 2 is 1.84 bits per heavy atom. The van der Waals surface area contributed by atoms with Crippen LogP contribution in [0.25, 0.3) is 0 Å². The summed E-state index contributed by atoms with van der Waals surface area (Å²) in [5, 5.41) is 5.58. The summed E-state index contributed by atoms with van der Waals surface area (Å²) in [5.41, 5.74) is 0.889. The molecule has 0 spiro atoms. The van der Waals surface area contributed by atoms with Crippen LogP contribution in [-0.2, 0) is 5.67 Å². The first kappa shape index (κ1) is 22.8. The first-order valence-corrected chi connectivity index (χ1v) is 10.1. The molecule has 0 aliphatic carbocycles. The summed E-state index contributed by atoms with van der Waals surface area (Å²) < 4.78 is 25.9. The lowest BCUT2D eigenvalue weighted by atomic mass is 10.00. The zero-order valence-electron chi connectivity index (χ0n) is 18.5. The quantitative estimate of drug-likeness (QED) is 0.444. The Morgan fingerprint density at radius 1 is 1.09 bits per heavy atom. The number of alkyl halides is 1. The van der Waals surface area contributed by atoms with Gasteiger partial charge in [-0.1, -0.05) is 12.1 Å². The van der Waals surface area contributed by atoms with Gasteiger partial charge in [0.2, 0.25) is 0 Å². The van der Waals surface area contributed by atoms with Gasteiger partial charge in [-0.05, 0) is 74.9 Å². The minimum atomic E-state index is -1.44. The number of pyridine rings is 1. The van der Waals surface area contributed by atoms with Crippen molar-refractivity contribution in [3.05, 3.63) is 90.1 Å². The van der Waals surface area contributed by atoms with Crippen LogP contribution in [0.1, 0.15) is 35.5 Å². The summed E-state index contributed by atoms with van der Waals surface area (Å²) in [7, 11) is 1.54. The third-order valence-electron chi connectivity index (χ3n) is 4.64. The lowest BCUT2D eigenvalue weighted by Crippen LogP contribution is -2.18. The molecule has 0 bridgehead atoms. The molecular weight excluding hydrogens is 409 g/mol. The van der Waals surface area contributed by atoms with E-state index in [1.807, 2.05) is 19.1 Å². The van der Waals surface area contributed by atoms with Crippen molar-refractivity contribution >= 4 is 11.6 Å². The molecule has 32 heavy (non-hydrogen) atoms. The molecule has 0 radical (unpaired) electrons. The molecule has 0 saturated heterocycles. The number of halogens is 1. The van der Waals surface area contributed by atoms with Crippen LogP contribution in [0.15, 0.2) is 73.3 Å². The van der Waals surface area contributed by atoms with Crippen molar-refractivity contribution in [1.82, 2.24) is 10.3 Å². The van der Waals surface area contributed by atoms with Gasteiger partial charge < -0.3 is 20.1 Å². The Bertz CT molecular complexity index is 1140. The Hall–Kier alpha value is -3.87. The number of carbonyl (C=O) groups is 1. The summed E-state index contributed by atoms with van der Waals surface area (Å²) in [6.07, 6.45) is 1.51. The van der Waals surface area contributed by atoms with Gasteiger partial charge in [-0.2, -0.15) is 0 Å². The minimum absolute atomic E-state index is 0.268. The molecule has 7 heteroatoms. The minimum Gasteiger partial charge on any atom is -0.457 e.